The van der Waals surface area contributed by atoms with Gasteiger partial charge in [0, 0.05) is 25.2 Å². The molecule has 4 aliphatic rings. The van der Waals surface area contributed by atoms with E-state index in [4.69, 9.17) is 32.5 Å². The number of nitrogens with one attached hydrogen (secondary N) is 1. The number of ketones is 1. The van der Waals surface area contributed by atoms with Crippen LogP contribution in [0.3, 0.4) is 0 Å². The van der Waals surface area contributed by atoms with Crippen LogP contribution in [-0.2, 0) is 46.9 Å². The number of amides is 1. The van der Waals surface area contributed by atoms with Gasteiger partial charge in [-0.2, -0.15) is 0 Å². The molecule has 17 heteroatoms. The zero-order chi connectivity index (χ0) is 53.4. The number of rotatable bonds is 18. The third-order valence-electron chi connectivity index (χ3n) is 17.1. The second-order valence-corrected chi connectivity index (χ2v) is 31.7. The lowest BCUT2D eigenvalue weighted by Crippen LogP contribution is -2.82. The molecule has 1 amide bonds. The van der Waals surface area contributed by atoms with Crippen molar-refractivity contribution < 1.29 is 66.7 Å². The number of alkyl carbamates (subject to hydrolysis) is 1. The minimum Gasteiger partial charge on any atom is -0.456 e. The Kier molecular flexibility index (Phi) is 17.1. The summed E-state index contributed by atoms with van der Waals surface area (Å²) in [6.07, 6.45) is -9.29. The van der Waals surface area contributed by atoms with Crippen molar-refractivity contribution in [3.63, 3.8) is 0 Å². The van der Waals surface area contributed by atoms with E-state index in [1.165, 1.54) is 6.92 Å². The van der Waals surface area contributed by atoms with Gasteiger partial charge in [0.1, 0.15) is 35.6 Å². The van der Waals surface area contributed by atoms with Gasteiger partial charge in [0.05, 0.1) is 35.6 Å². The van der Waals surface area contributed by atoms with Crippen molar-refractivity contribution in [2.45, 2.75) is 206 Å². The molecule has 1 unspecified atom stereocenters. The molecule has 2 aromatic rings. The maximum atomic E-state index is 16.1. The molecule has 0 radical (unpaired) electrons. The van der Waals surface area contributed by atoms with E-state index < -0.39 is 129 Å². The van der Waals surface area contributed by atoms with Crippen molar-refractivity contribution >= 4 is 46.4 Å². The van der Waals surface area contributed by atoms with E-state index in [1.54, 1.807) is 103 Å². The van der Waals surface area contributed by atoms with Crippen molar-refractivity contribution in [3.8, 4) is 0 Å². The Morgan fingerprint density at radius 1 is 0.847 bits per heavy atom. The number of aliphatic hydroxyl groups excluding tert-OH is 1. The number of carbonyl (C=O) groups excluding carboxylic acids is 5. The highest BCUT2D eigenvalue weighted by Crippen LogP contribution is 2.65. The Morgan fingerprint density at radius 3 is 1.90 bits per heavy atom. The Hall–Kier alpha value is -4.24. The van der Waals surface area contributed by atoms with E-state index in [-0.39, 0.29) is 24.2 Å². The topological polar surface area (TPSA) is 202 Å². The fourth-order valence-corrected chi connectivity index (χ4v) is 18.1. The first-order chi connectivity index (χ1) is 33.7. The monoisotopic (exact) mass is 1040 g/mol. The third-order valence-corrected chi connectivity index (χ3v) is 26.4. The van der Waals surface area contributed by atoms with Gasteiger partial charge in [-0.25, -0.2) is 14.4 Å². The summed E-state index contributed by atoms with van der Waals surface area (Å²) in [6.45, 7) is 25.2. The smallest absolute Gasteiger partial charge is 0.408 e. The van der Waals surface area contributed by atoms with E-state index in [9.17, 15) is 24.6 Å². The summed E-state index contributed by atoms with van der Waals surface area (Å²) in [5.74, 6) is -4.45. The second-order valence-electron chi connectivity index (χ2n) is 22.2. The number of esters is 3. The first-order valence-electron chi connectivity index (χ1n) is 26.1. The number of hydrogen-bond acceptors (Lipinski definition) is 14. The van der Waals surface area contributed by atoms with Crippen LogP contribution < -0.4 is 5.32 Å². The van der Waals surface area contributed by atoms with Gasteiger partial charge in [0.25, 0.3) is 0 Å². The predicted octanol–water partition coefficient (Wildman–Crippen LogP) is 9.32. The van der Waals surface area contributed by atoms with Crippen LogP contribution in [0.1, 0.15) is 132 Å². The number of hydrogen-bond donors (Lipinski definition) is 3. The summed E-state index contributed by atoms with van der Waals surface area (Å²) in [7, 11) is -5.32. The average Bonchev–Trinajstić information content (AvgIpc) is 3.33. The number of aliphatic hydroxyl groups is 2. The zero-order valence-electron chi connectivity index (χ0n) is 45.0. The molecule has 1 heterocycles. The molecule has 3 aliphatic carbocycles. The lowest BCUT2D eigenvalue weighted by atomic mass is 9.44. The van der Waals surface area contributed by atoms with Gasteiger partial charge in [0.15, 0.2) is 34.1 Å². The third kappa shape index (κ3) is 10.3. The van der Waals surface area contributed by atoms with Crippen LogP contribution in [0.4, 0.5) is 4.79 Å². The number of carbonyl (C=O) groups is 5. The van der Waals surface area contributed by atoms with Gasteiger partial charge in [-0.15, -0.1) is 0 Å². The molecule has 72 heavy (non-hydrogen) atoms. The Labute approximate surface area is 428 Å². The summed E-state index contributed by atoms with van der Waals surface area (Å²) in [5, 5.41) is 30.1. The highest BCUT2D eigenvalue weighted by Gasteiger charge is 2.78. The van der Waals surface area contributed by atoms with E-state index in [0.29, 0.717) is 29.3 Å². The van der Waals surface area contributed by atoms with E-state index >= 15 is 9.59 Å². The van der Waals surface area contributed by atoms with Crippen LogP contribution in [0.15, 0.2) is 71.8 Å². The quantitative estimate of drug-likeness (QED) is 0.0552. The van der Waals surface area contributed by atoms with Gasteiger partial charge in [-0.1, -0.05) is 104 Å². The molecule has 3 fully saturated rings. The Morgan fingerprint density at radius 2 is 1.40 bits per heavy atom. The fraction of sp³-hybridized carbons (Fsp3) is 0.655. The molecule has 0 aromatic heterocycles. The summed E-state index contributed by atoms with van der Waals surface area (Å²) >= 11 is 0. The first-order valence-corrected chi connectivity index (χ1v) is 31.1. The highest BCUT2D eigenvalue weighted by molar-refractivity contribution is 6.74. The summed E-state index contributed by atoms with van der Waals surface area (Å²) in [4.78, 5) is 73.5. The van der Waals surface area contributed by atoms with Crippen molar-refractivity contribution in [2.24, 2.45) is 16.7 Å². The minimum atomic E-state index is -2.73. The Balaban J connectivity index is 1.60. The SMILES string of the molecule is CC[Si](CC)(CC)O[C@H]1C[C@H]2OC[C@@]2(OC(C)=O)C2[C@H](OC(=O)c3ccccc3)[C@]3(O)C[C@H](OC(=O)[C@H](O[Si](CC)(CC)CC)[C@@H](NC(=O)OC(C)(C)C)c4ccccc4)C(C)=C([C@@H](O)C(=O)[C@@]21C)C3(C)C. The lowest BCUT2D eigenvalue weighted by Gasteiger charge is -2.68. The van der Waals surface area contributed by atoms with Crippen LogP contribution in [0.2, 0.25) is 36.3 Å². The molecule has 15 nitrogen and oxygen atoms in total. The molecule has 398 valence electrons. The molecule has 2 aromatic carbocycles. The summed E-state index contributed by atoms with van der Waals surface area (Å²) in [6, 6.07) is 20.1. The normalized spacial score (nSPS) is 30.0. The molecule has 1 aliphatic heterocycles. The number of Topliss-reactive ketones (excluding diaryl/α,β-unsaturated/α-hetero) is 1. The number of benzene rings is 2. The molecular formula is C55H81NO14Si2. The van der Waals surface area contributed by atoms with Crippen molar-refractivity contribution in [1.82, 2.24) is 5.32 Å². The van der Waals surface area contributed by atoms with Crippen LogP contribution in [0, 0.1) is 16.7 Å². The molecule has 2 bridgehead atoms. The van der Waals surface area contributed by atoms with Gasteiger partial charge in [-0.05, 0) is 99.7 Å². The van der Waals surface area contributed by atoms with Crippen LogP contribution >= 0.6 is 0 Å². The van der Waals surface area contributed by atoms with Gasteiger partial charge >= 0.3 is 24.0 Å². The van der Waals surface area contributed by atoms with Gasteiger partial charge < -0.3 is 48.1 Å². The number of fused-ring (bicyclic) bond motifs is 5. The van der Waals surface area contributed by atoms with Gasteiger partial charge in [-0.3, -0.25) is 9.59 Å². The van der Waals surface area contributed by atoms with Crippen molar-refractivity contribution in [3.05, 3.63) is 82.9 Å². The van der Waals surface area contributed by atoms with Crippen molar-refractivity contribution in [1.29, 1.82) is 0 Å². The first kappa shape index (κ1) is 57.0. The average molecular weight is 1040 g/mol. The largest absolute Gasteiger partial charge is 0.456 e. The molecule has 3 N–H and O–H groups in total. The lowest BCUT2D eigenvalue weighted by molar-refractivity contribution is -0.344. The standard InChI is InChI=1S/C55H81NO14Si2/c1-15-71(16-2,17-3)69-39-31-40-54(33-64-40,67-35(8)57)45-47(66-48(60)37-29-25-22-26-30-37)55(63)32-38(34(7)41(52(55,12)13)43(58)46(59)53(39,45)14)65-49(61)44(70-72(18-4,19-5)20-6)42(36-27-23-21-24-28-36)56-50(62)68-51(9,10)11/h21-30,38-40,42-45,47,58,63H,15-20,31-33H2,1-14H3,(H,56,62)/t38-,39-,40+,42-,43+,44+,45?,47-,53+,54-,55+/m0/s1. The van der Waals surface area contributed by atoms with E-state index in [1.807, 2.05) is 26.8 Å². The Bertz CT molecular complexity index is 2310. The summed E-state index contributed by atoms with van der Waals surface area (Å²) < 4.78 is 46.1. The molecule has 1 saturated heterocycles. The molecule has 2 saturated carbocycles. The van der Waals surface area contributed by atoms with E-state index in [2.05, 4.69) is 26.1 Å². The molecule has 6 rings (SSSR count). The summed E-state index contributed by atoms with van der Waals surface area (Å²) in [5.41, 5.74) is -7.11. The highest BCUT2D eigenvalue weighted by atomic mass is 28.4. The van der Waals surface area contributed by atoms with Gasteiger partial charge in [0.2, 0.25) is 0 Å². The van der Waals surface area contributed by atoms with Crippen LogP contribution in [0.25, 0.3) is 0 Å². The van der Waals surface area contributed by atoms with Crippen LogP contribution in [0.5, 0.6) is 0 Å². The van der Waals surface area contributed by atoms with E-state index in [0.717, 1.165) is 18.1 Å². The molecular weight excluding hydrogens is 955 g/mol. The fourth-order valence-electron chi connectivity index (χ4n) is 12.4. The maximum absolute atomic E-state index is 16.1. The van der Waals surface area contributed by atoms with Crippen LogP contribution in [-0.4, -0.2) is 117 Å². The maximum Gasteiger partial charge on any atom is 0.408 e. The molecule has 11 atom stereocenters. The predicted molar refractivity (Wildman–Crippen MR) is 276 cm³/mol. The van der Waals surface area contributed by atoms with Crippen molar-refractivity contribution in [2.75, 3.05) is 6.61 Å². The number of ether oxygens (including phenoxy) is 5. The molecule has 0 spiro atoms. The second kappa shape index (κ2) is 21.5. The zero-order valence-corrected chi connectivity index (χ0v) is 47.0. The minimum absolute atomic E-state index is 0.0834.